The maximum Gasteiger partial charge on any atom is 0.266 e. The number of carbonyl (C=O) groups is 1. The zero-order valence-corrected chi connectivity index (χ0v) is 18.1. The van der Waals surface area contributed by atoms with Gasteiger partial charge in [0.05, 0.1) is 6.61 Å². The lowest BCUT2D eigenvalue weighted by Crippen LogP contribution is -2.26. The predicted molar refractivity (Wildman–Crippen MR) is 115 cm³/mol. The second-order valence-corrected chi connectivity index (χ2v) is 7.47. The van der Waals surface area contributed by atoms with Crippen molar-refractivity contribution in [3.8, 4) is 16.9 Å². The van der Waals surface area contributed by atoms with Gasteiger partial charge in [0.2, 0.25) is 0 Å². The quantitative estimate of drug-likeness (QED) is 0.469. The topological polar surface area (TPSA) is 91.4 Å². The van der Waals surface area contributed by atoms with E-state index >= 15 is 0 Å². The van der Waals surface area contributed by atoms with Crippen LogP contribution in [0.2, 0.25) is 0 Å². The molecule has 1 aromatic heterocycles. The van der Waals surface area contributed by atoms with Gasteiger partial charge in [0, 0.05) is 35.0 Å². The summed E-state index contributed by atoms with van der Waals surface area (Å²) in [7, 11) is 0. The van der Waals surface area contributed by atoms with Crippen molar-refractivity contribution in [1.82, 2.24) is 10.3 Å². The molecule has 9 heteroatoms. The van der Waals surface area contributed by atoms with Gasteiger partial charge in [-0.05, 0) is 52.7 Å². The molecule has 0 fully saturated rings. The molecular formula is C22H19BrF2N2O4. The summed E-state index contributed by atoms with van der Waals surface area (Å²) < 4.78 is 33.1. The first-order chi connectivity index (χ1) is 14.8. The number of carbonyl (C=O) groups excluding carboxylic acids is 1. The summed E-state index contributed by atoms with van der Waals surface area (Å²) in [6.45, 7) is 1.36. The molecule has 1 amide bonds. The van der Waals surface area contributed by atoms with Crippen molar-refractivity contribution in [2.24, 2.45) is 0 Å². The molecule has 0 saturated heterocycles. The molecule has 0 atom stereocenters. The summed E-state index contributed by atoms with van der Waals surface area (Å²) in [5.41, 5.74) is 1.60. The predicted octanol–water partition coefficient (Wildman–Crippen LogP) is 3.69. The first-order valence-corrected chi connectivity index (χ1v) is 10.1. The van der Waals surface area contributed by atoms with Gasteiger partial charge in [-0.2, -0.15) is 0 Å². The molecule has 0 aliphatic rings. The molecule has 3 aromatic rings. The Morgan fingerprint density at radius 3 is 2.71 bits per heavy atom. The number of halogens is 3. The van der Waals surface area contributed by atoms with E-state index in [1.54, 1.807) is 31.2 Å². The number of rotatable bonds is 7. The van der Waals surface area contributed by atoms with Gasteiger partial charge in [0.25, 0.3) is 11.5 Å². The van der Waals surface area contributed by atoms with Crippen LogP contribution in [0.15, 0.2) is 51.7 Å². The van der Waals surface area contributed by atoms with Gasteiger partial charge in [-0.3, -0.25) is 9.59 Å². The van der Waals surface area contributed by atoms with Gasteiger partial charge in [-0.15, -0.1) is 0 Å². The third-order valence-corrected chi connectivity index (χ3v) is 5.22. The maximum atomic E-state index is 14.0. The SMILES string of the molecule is Cc1[nH]c(=O)c(Br)c(OCc2ccc(F)cc2F)c1-c1cccc(C(=O)NCCO)c1. The maximum absolute atomic E-state index is 14.0. The number of ether oxygens (including phenoxy) is 1. The number of aromatic amines is 1. The Labute approximate surface area is 185 Å². The number of aliphatic hydroxyl groups is 1. The Kier molecular flexibility index (Phi) is 7.19. The fourth-order valence-electron chi connectivity index (χ4n) is 3.03. The molecule has 0 radical (unpaired) electrons. The van der Waals surface area contributed by atoms with Gasteiger partial charge < -0.3 is 20.1 Å². The Morgan fingerprint density at radius 1 is 1.23 bits per heavy atom. The first-order valence-electron chi connectivity index (χ1n) is 9.30. The monoisotopic (exact) mass is 492 g/mol. The Balaban J connectivity index is 2.02. The molecule has 3 rings (SSSR count). The van der Waals surface area contributed by atoms with Crippen LogP contribution in [0, 0.1) is 18.6 Å². The molecule has 6 nitrogen and oxygen atoms in total. The summed E-state index contributed by atoms with van der Waals surface area (Å²) in [5, 5.41) is 11.5. The Hall–Kier alpha value is -3.04. The standard InChI is InChI=1S/C22H19BrF2N2O4/c1-12-18(13-3-2-4-14(9-13)21(29)26-7-8-28)20(19(23)22(30)27-12)31-11-15-5-6-16(24)10-17(15)25/h2-6,9-10,28H,7-8,11H2,1H3,(H,26,29)(H,27,30). The van der Waals surface area contributed by atoms with E-state index in [0.717, 1.165) is 12.1 Å². The van der Waals surface area contributed by atoms with Crippen LogP contribution in [0.3, 0.4) is 0 Å². The number of pyridine rings is 1. The third kappa shape index (κ3) is 5.18. The van der Waals surface area contributed by atoms with Crippen LogP contribution in [0.5, 0.6) is 5.75 Å². The lowest BCUT2D eigenvalue weighted by Gasteiger charge is -2.16. The highest BCUT2D eigenvalue weighted by Gasteiger charge is 2.19. The molecule has 1 heterocycles. The number of hydrogen-bond acceptors (Lipinski definition) is 4. The van der Waals surface area contributed by atoms with Crippen LogP contribution in [-0.4, -0.2) is 29.1 Å². The van der Waals surface area contributed by atoms with Crippen LogP contribution in [0.4, 0.5) is 8.78 Å². The van der Waals surface area contributed by atoms with Crippen LogP contribution >= 0.6 is 15.9 Å². The highest BCUT2D eigenvalue weighted by atomic mass is 79.9. The van der Waals surface area contributed by atoms with Gasteiger partial charge in [-0.1, -0.05) is 12.1 Å². The zero-order valence-electron chi connectivity index (χ0n) is 16.5. The van der Waals surface area contributed by atoms with Crippen molar-refractivity contribution in [3.63, 3.8) is 0 Å². The van der Waals surface area contributed by atoms with E-state index in [4.69, 9.17) is 9.84 Å². The average molecular weight is 493 g/mol. The minimum atomic E-state index is -0.762. The molecule has 0 saturated carbocycles. The second-order valence-electron chi connectivity index (χ2n) is 6.68. The lowest BCUT2D eigenvalue weighted by atomic mass is 10.0. The first kappa shape index (κ1) is 22.6. The molecule has 0 bridgehead atoms. The molecule has 0 aliphatic carbocycles. The van der Waals surface area contributed by atoms with Crippen molar-refractivity contribution < 1.29 is 23.4 Å². The number of aliphatic hydroxyl groups excluding tert-OH is 1. The van der Waals surface area contributed by atoms with Gasteiger partial charge in [0.1, 0.15) is 28.5 Å². The highest BCUT2D eigenvalue weighted by Crippen LogP contribution is 2.37. The fraction of sp³-hybridized carbons (Fsp3) is 0.182. The zero-order chi connectivity index (χ0) is 22.5. The van der Waals surface area contributed by atoms with E-state index in [0.29, 0.717) is 22.4 Å². The van der Waals surface area contributed by atoms with Crippen LogP contribution in [0.25, 0.3) is 11.1 Å². The van der Waals surface area contributed by atoms with Crippen LogP contribution < -0.4 is 15.6 Å². The number of benzene rings is 2. The van der Waals surface area contributed by atoms with E-state index in [2.05, 4.69) is 26.2 Å². The number of hydrogen-bond donors (Lipinski definition) is 3. The normalized spacial score (nSPS) is 10.7. The van der Waals surface area contributed by atoms with Gasteiger partial charge >= 0.3 is 0 Å². The summed E-state index contributed by atoms with van der Waals surface area (Å²) in [6.07, 6.45) is 0. The lowest BCUT2D eigenvalue weighted by molar-refractivity contribution is 0.0945. The number of amides is 1. The minimum Gasteiger partial charge on any atom is -0.487 e. The summed E-state index contributed by atoms with van der Waals surface area (Å²) >= 11 is 3.22. The third-order valence-electron chi connectivity index (χ3n) is 4.50. The van der Waals surface area contributed by atoms with Crippen LogP contribution in [-0.2, 0) is 6.61 Å². The molecule has 0 spiro atoms. The Morgan fingerprint density at radius 2 is 2.00 bits per heavy atom. The van der Waals surface area contributed by atoms with Crippen molar-refractivity contribution in [1.29, 1.82) is 0 Å². The van der Waals surface area contributed by atoms with Crippen molar-refractivity contribution >= 4 is 21.8 Å². The van der Waals surface area contributed by atoms with Crippen molar-refractivity contribution in [2.45, 2.75) is 13.5 Å². The minimum absolute atomic E-state index is 0.103. The van der Waals surface area contributed by atoms with Crippen LogP contribution in [0.1, 0.15) is 21.6 Å². The van der Waals surface area contributed by atoms with E-state index in [-0.39, 0.29) is 41.5 Å². The van der Waals surface area contributed by atoms with Gasteiger partial charge in [0.15, 0.2) is 0 Å². The van der Waals surface area contributed by atoms with Crippen molar-refractivity contribution in [3.05, 3.63) is 85.7 Å². The van der Waals surface area contributed by atoms with E-state index in [1.807, 2.05) is 0 Å². The summed E-state index contributed by atoms with van der Waals surface area (Å²) in [5.74, 6) is -1.67. The molecule has 2 aromatic carbocycles. The molecule has 162 valence electrons. The fourth-order valence-corrected chi connectivity index (χ4v) is 3.44. The second kappa shape index (κ2) is 9.84. The molecule has 3 N–H and O–H groups in total. The molecule has 0 unspecified atom stereocenters. The van der Waals surface area contributed by atoms with E-state index < -0.39 is 17.2 Å². The number of aromatic nitrogens is 1. The highest BCUT2D eigenvalue weighted by molar-refractivity contribution is 9.10. The number of nitrogens with one attached hydrogen (secondary N) is 2. The molecular weight excluding hydrogens is 474 g/mol. The average Bonchev–Trinajstić information content (AvgIpc) is 2.74. The number of H-pyrrole nitrogens is 1. The van der Waals surface area contributed by atoms with E-state index in [9.17, 15) is 18.4 Å². The van der Waals surface area contributed by atoms with Crippen molar-refractivity contribution in [2.75, 3.05) is 13.2 Å². The molecule has 31 heavy (non-hydrogen) atoms. The smallest absolute Gasteiger partial charge is 0.266 e. The Bertz CT molecular complexity index is 1180. The summed E-state index contributed by atoms with van der Waals surface area (Å²) in [4.78, 5) is 27.2. The summed E-state index contributed by atoms with van der Waals surface area (Å²) in [6, 6.07) is 9.78. The van der Waals surface area contributed by atoms with Gasteiger partial charge in [-0.25, -0.2) is 8.78 Å². The number of aryl methyl sites for hydroxylation is 1. The molecule has 0 aliphatic heterocycles. The van der Waals surface area contributed by atoms with E-state index in [1.165, 1.54) is 6.07 Å². The largest absolute Gasteiger partial charge is 0.487 e.